The number of likely N-dealkylation sites (tertiary alicyclic amines) is 1. The van der Waals surface area contributed by atoms with Gasteiger partial charge in [0.1, 0.15) is 0 Å². The van der Waals surface area contributed by atoms with Gasteiger partial charge >= 0.3 is 0 Å². The van der Waals surface area contributed by atoms with E-state index in [1.807, 2.05) is 0 Å². The largest absolute Gasteiger partial charge is 0.330 e. The van der Waals surface area contributed by atoms with E-state index in [4.69, 9.17) is 5.73 Å². The lowest BCUT2D eigenvalue weighted by molar-refractivity contribution is 0.248. The molecule has 1 aliphatic rings. The third-order valence-corrected chi connectivity index (χ3v) is 3.40. The minimum Gasteiger partial charge on any atom is -0.330 e. The highest BCUT2D eigenvalue weighted by atomic mass is 15.2. The molecule has 2 atom stereocenters. The van der Waals surface area contributed by atoms with Crippen LogP contribution in [-0.2, 0) is 0 Å². The molecule has 0 aromatic rings. The first kappa shape index (κ1) is 11.0. The summed E-state index contributed by atoms with van der Waals surface area (Å²) < 4.78 is 0. The van der Waals surface area contributed by atoms with Gasteiger partial charge in [-0.2, -0.15) is 0 Å². The van der Waals surface area contributed by atoms with Gasteiger partial charge in [0.05, 0.1) is 0 Å². The number of nitrogens with two attached hydrogens (primary N) is 1. The van der Waals surface area contributed by atoms with Crippen molar-refractivity contribution in [1.29, 1.82) is 0 Å². The molecule has 2 nitrogen and oxygen atoms in total. The fraction of sp³-hybridized carbons (Fsp3) is 1.00. The van der Waals surface area contributed by atoms with Crippen molar-refractivity contribution in [2.24, 2.45) is 23.0 Å². The van der Waals surface area contributed by atoms with E-state index in [1.165, 1.54) is 19.6 Å². The maximum Gasteiger partial charge on any atom is 0.00507 e. The summed E-state index contributed by atoms with van der Waals surface area (Å²) in [7, 11) is 0. The molecule has 0 spiro atoms. The van der Waals surface area contributed by atoms with Crippen molar-refractivity contribution in [3.05, 3.63) is 0 Å². The molecule has 13 heavy (non-hydrogen) atoms. The summed E-state index contributed by atoms with van der Waals surface area (Å²) in [5.74, 6) is 1.52. The van der Waals surface area contributed by atoms with Gasteiger partial charge in [-0.15, -0.1) is 0 Å². The first-order chi connectivity index (χ1) is 5.98. The molecule has 2 N–H and O–H groups in total. The fourth-order valence-corrected chi connectivity index (χ4v) is 2.26. The van der Waals surface area contributed by atoms with Crippen LogP contribution in [0.15, 0.2) is 0 Å². The Morgan fingerprint density at radius 3 is 2.54 bits per heavy atom. The second-order valence-corrected chi connectivity index (χ2v) is 5.35. The Morgan fingerprint density at radius 2 is 2.15 bits per heavy atom. The van der Waals surface area contributed by atoms with Crippen LogP contribution in [0.1, 0.15) is 27.7 Å². The lowest BCUT2D eigenvalue weighted by Crippen LogP contribution is -2.35. The monoisotopic (exact) mass is 184 g/mol. The van der Waals surface area contributed by atoms with Gasteiger partial charge in [-0.1, -0.05) is 27.7 Å². The Kier molecular flexibility index (Phi) is 3.36. The van der Waals surface area contributed by atoms with Gasteiger partial charge in [-0.05, 0) is 23.8 Å². The average Bonchev–Trinajstić information content (AvgIpc) is 2.27. The molecule has 1 saturated heterocycles. The van der Waals surface area contributed by atoms with Gasteiger partial charge in [-0.25, -0.2) is 0 Å². The second-order valence-electron chi connectivity index (χ2n) is 5.35. The van der Waals surface area contributed by atoms with Gasteiger partial charge in [0.15, 0.2) is 0 Å². The van der Waals surface area contributed by atoms with Crippen LogP contribution in [0.3, 0.4) is 0 Å². The first-order valence-electron chi connectivity index (χ1n) is 5.40. The van der Waals surface area contributed by atoms with Crippen LogP contribution in [0.2, 0.25) is 0 Å². The summed E-state index contributed by atoms with van der Waals surface area (Å²) in [6, 6.07) is 0. The smallest absolute Gasteiger partial charge is 0.00507 e. The SMILES string of the molecule is CC(C)CN1CC(C)C(C)(CN)C1. The van der Waals surface area contributed by atoms with E-state index in [1.54, 1.807) is 0 Å². The molecule has 1 heterocycles. The molecule has 0 amide bonds. The molecule has 0 radical (unpaired) electrons. The summed E-state index contributed by atoms with van der Waals surface area (Å²) >= 11 is 0. The standard InChI is InChI=1S/C11H24N2/c1-9(2)5-13-6-10(3)11(4,7-12)8-13/h9-10H,5-8,12H2,1-4H3. The van der Waals surface area contributed by atoms with Crippen molar-refractivity contribution in [2.75, 3.05) is 26.2 Å². The maximum absolute atomic E-state index is 5.82. The van der Waals surface area contributed by atoms with E-state index < -0.39 is 0 Å². The van der Waals surface area contributed by atoms with E-state index in [-0.39, 0.29) is 0 Å². The van der Waals surface area contributed by atoms with Crippen molar-refractivity contribution in [2.45, 2.75) is 27.7 Å². The van der Waals surface area contributed by atoms with Crippen LogP contribution in [-0.4, -0.2) is 31.1 Å². The first-order valence-corrected chi connectivity index (χ1v) is 5.40. The number of hydrogen-bond donors (Lipinski definition) is 1. The predicted molar refractivity (Wildman–Crippen MR) is 57.6 cm³/mol. The van der Waals surface area contributed by atoms with E-state index in [0.717, 1.165) is 18.4 Å². The molecule has 0 aromatic carbocycles. The lowest BCUT2D eigenvalue weighted by Gasteiger charge is -2.26. The van der Waals surface area contributed by atoms with Gasteiger partial charge in [0.25, 0.3) is 0 Å². The molecule has 0 saturated carbocycles. The zero-order chi connectivity index (χ0) is 10.1. The number of rotatable bonds is 3. The summed E-state index contributed by atoms with van der Waals surface area (Å²) in [5.41, 5.74) is 6.18. The van der Waals surface area contributed by atoms with E-state index in [2.05, 4.69) is 32.6 Å². The Hall–Kier alpha value is -0.0800. The molecule has 1 aliphatic heterocycles. The molecule has 1 fully saturated rings. The van der Waals surface area contributed by atoms with Crippen LogP contribution in [0.5, 0.6) is 0 Å². The predicted octanol–water partition coefficient (Wildman–Crippen LogP) is 1.56. The van der Waals surface area contributed by atoms with Crippen LogP contribution >= 0.6 is 0 Å². The third kappa shape index (κ3) is 2.44. The van der Waals surface area contributed by atoms with Crippen LogP contribution < -0.4 is 5.73 Å². The normalized spacial score (nSPS) is 36.0. The minimum absolute atomic E-state index is 0.356. The van der Waals surface area contributed by atoms with Crippen molar-refractivity contribution >= 4 is 0 Å². The van der Waals surface area contributed by atoms with Crippen molar-refractivity contribution in [3.63, 3.8) is 0 Å². The van der Waals surface area contributed by atoms with Gasteiger partial charge in [0, 0.05) is 19.6 Å². The van der Waals surface area contributed by atoms with Crippen LogP contribution in [0.25, 0.3) is 0 Å². The van der Waals surface area contributed by atoms with Crippen molar-refractivity contribution < 1.29 is 0 Å². The number of nitrogens with zero attached hydrogens (tertiary/aromatic N) is 1. The molecule has 0 bridgehead atoms. The maximum atomic E-state index is 5.82. The Balaban J connectivity index is 2.50. The number of hydrogen-bond acceptors (Lipinski definition) is 2. The van der Waals surface area contributed by atoms with E-state index >= 15 is 0 Å². The Bertz CT molecular complexity index is 167. The lowest BCUT2D eigenvalue weighted by atomic mass is 9.81. The topological polar surface area (TPSA) is 29.3 Å². The van der Waals surface area contributed by atoms with Crippen LogP contribution in [0.4, 0.5) is 0 Å². The fourth-order valence-electron chi connectivity index (χ4n) is 2.26. The van der Waals surface area contributed by atoms with E-state index in [9.17, 15) is 0 Å². The summed E-state index contributed by atoms with van der Waals surface area (Å²) in [5, 5.41) is 0. The summed E-state index contributed by atoms with van der Waals surface area (Å²) in [6.45, 7) is 13.7. The molecule has 2 unspecified atom stereocenters. The quantitative estimate of drug-likeness (QED) is 0.721. The second kappa shape index (κ2) is 3.97. The van der Waals surface area contributed by atoms with E-state index in [0.29, 0.717) is 5.41 Å². The molecule has 0 aromatic heterocycles. The van der Waals surface area contributed by atoms with Crippen LogP contribution in [0, 0.1) is 17.3 Å². The highest BCUT2D eigenvalue weighted by Gasteiger charge is 2.38. The molecule has 78 valence electrons. The summed E-state index contributed by atoms with van der Waals surface area (Å²) in [4.78, 5) is 2.56. The summed E-state index contributed by atoms with van der Waals surface area (Å²) in [6.07, 6.45) is 0. The molecule has 1 rings (SSSR count). The molecule has 0 aliphatic carbocycles. The van der Waals surface area contributed by atoms with Gasteiger partial charge < -0.3 is 10.6 Å². The Labute approximate surface area is 82.5 Å². The highest BCUT2D eigenvalue weighted by molar-refractivity contribution is 4.92. The third-order valence-electron chi connectivity index (χ3n) is 3.40. The molecular formula is C11H24N2. The zero-order valence-corrected chi connectivity index (χ0v) is 9.51. The van der Waals surface area contributed by atoms with Gasteiger partial charge in [-0.3, -0.25) is 0 Å². The zero-order valence-electron chi connectivity index (χ0n) is 9.51. The minimum atomic E-state index is 0.356. The average molecular weight is 184 g/mol. The van der Waals surface area contributed by atoms with Gasteiger partial charge in [0.2, 0.25) is 0 Å². The Morgan fingerprint density at radius 1 is 1.54 bits per heavy atom. The van der Waals surface area contributed by atoms with Crippen molar-refractivity contribution in [3.8, 4) is 0 Å². The highest BCUT2D eigenvalue weighted by Crippen LogP contribution is 2.34. The molecule has 2 heteroatoms. The van der Waals surface area contributed by atoms with Crippen molar-refractivity contribution in [1.82, 2.24) is 4.90 Å². The molecular weight excluding hydrogens is 160 g/mol.